The first kappa shape index (κ1) is 20.8. The van der Waals surface area contributed by atoms with E-state index in [0.717, 1.165) is 25.4 Å². The molecule has 2 rings (SSSR count). The van der Waals surface area contributed by atoms with Gasteiger partial charge in [0.2, 0.25) is 0 Å². The summed E-state index contributed by atoms with van der Waals surface area (Å²) in [4.78, 5) is 27.9. The molecule has 1 heterocycles. The summed E-state index contributed by atoms with van der Waals surface area (Å²) in [6.45, 7) is 9.66. The van der Waals surface area contributed by atoms with Crippen molar-refractivity contribution in [1.29, 1.82) is 0 Å². The summed E-state index contributed by atoms with van der Waals surface area (Å²) in [7, 11) is 1.60. The van der Waals surface area contributed by atoms with Crippen molar-refractivity contribution in [2.75, 3.05) is 51.7 Å². The largest absolute Gasteiger partial charge is 0.497 e. The lowest BCUT2D eigenvalue weighted by Crippen LogP contribution is -2.51. The second-order valence-corrected chi connectivity index (χ2v) is 7.42. The Bertz CT molecular complexity index is 620. The van der Waals surface area contributed by atoms with E-state index in [9.17, 15) is 9.59 Å². The lowest BCUT2D eigenvalue weighted by atomic mass is 10.2. The van der Waals surface area contributed by atoms with Gasteiger partial charge in [-0.05, 0) is 45.0 Å². The summed E-state index contributed by atoms with van der Waals surface area (Å²) in [5.41, 5.74) is 0.231. The average molecular weight is 378 g/mol. The molecule has 0 aromatic heterocycles. The van der Waals surface area contributed by atoms with Gasteiger partial charge in [0.1, 0.15) is 11.4 Å². The number of ether oxygens (including phenoxy) is 2. The average Bonchev–Trinajstić information content (AvgIpc) is 2.61. The second-order valence-electron chi connectivity index (χ2n) is 7.42. The molecule has 0 spiro atoms. The molecule has 27 heavy (non-hydrogen) atoms. The monoisotopic (exact) mass is 378 g/mol. The first-order chi connectivity index (χ1) is 12.8. The molecule has 1 fully saturated rings. The SMILES string of the molecule is COc1ccc(NC(=O)NCCN2CCN(C(=O)OC(C)(C)C)CC2)cc1. The van der Waals surface area contributed by atoms with E-state index in [1.165, 1.54) is 0 Å². The number of piperazine rings is 1. The normalized spacial score (nSPS) is 15.2. The quantitative estimate of drug-likeness (QED) is 0.822. The topological polar surface area (TPSA) is 83.1 Å². The van der Waals surface area contributed by atoms with Gasteiger partial charge in [-0.3, -0.25) is 4.90 Å². The van der Waals surface area contributed by atoms with Gasteiger partial charge in [-0.2, -0.15) is 0 Å². The van der Waals surface area contributed by atoms with Gasteiger partial charge in [0, 0.05) is 45.0 Å². The highest BCUT2D eigenvalue weighted by atomic mass is 16.6. The zero-order valence-electron chi connectivity index (χ0n) is 16.6. The van der Waals surface area contributed by atoms with Crippen molar-refractivity contribution in [3.8, 4) is 5.75 Å². The number of hydrogen-bond acceptors (Lipinski definition) is 5. The minimum absolute atomic E-state index is 0.243. The summed E-state index contributed by atoms with van der Waals surface area (Å²) in [5.74, 6) is 0.742. The standard InChI is InChI=1S/C19H30N4O4/c1-19(2,3)27-18(25)23-13-11-22(12-14-23)10-9-20-17(24)21-15-5-7-16(26-4)8-6-15/h5-8H,9-14H2,1-4H3,(H2,20,21,24). The van der Waals surface area contributed by atoms with Gasteiger partial charge in [-0.25, -0.2) is 9.59 Å². The number of hydrogen-bond donors (Lipinski definition) is 2. The van der Waals surface area contributed by atoms with Crippen LogP contribution in [0.2, 0.25) is 0 Å². The van der Waals surface area contributed by atoms with E-state index in [0.29, 0.717) is 25.3 Å². The summed E-state index contributed by atoms with van der Waals surface area (Å²) in [6, 6.07) is 6.91. The number of carbonyl (C=O) groups excluding carboxylic acids is 2. The number of nitrogens with one attached hydrogen (secondary N) is 2. The van der Waals surface area contributed by atoms with Crippen molar-refractivity contribution in [3.05, 3.63) is 24.3 Å². The number of methoxy groups -OCH3 is 1. The number of amides is 3. The lowest BCUT2D eigenvalue weighted by Gasteiger charge is -2.35. The minimum atomic E-state index is -0.477. The summed E-state index contributed by atoms with van der Waals surface area (Å²) in [5, 5.41) is 5.62. The van der Waals surface area contributed by atoms with Gasteiger partial charge in [0.15, 0.2) is 0 Å². The van der Waals surface area contributed by atoms with E-state index in [4.69, 9.17) is 9.47 Å². The molecule has 0 unspecified atom stereocenters. The maximum absolute atomic E-state index is 12.0. The number of urea groups is 1. The van der Waals surface area contributed by atoms with Crippen LogP contribution in [0.25, 0.3) is 0 Å². The number of carbonyl (C=O) groups is 2. The van der Waals surface area contributed by atoms with E-state index < -0.39 is 5.60 Å². The second kappa shape index (κ2) is 9.45. The number of benzene rings is 1. The third-order valence-electron chi connectivity index (χ3n) is 4.09. The van der Waals surface area contributed by atoms with Crippen LogP contribution < -0.4 is 15.4 Å². The molecule has 150 valence electrons. The Morgan fingerprint density at radius 2 is 1.70 bits per heavy atom. The predicted octanol–water partition coefficient (Wildman–Crippen LogP) is 2.37. The van der Waals surface area contributed by atoms with Gasteiger partial charge in [0.25, 0.3) is 0 Å². The summed E-state index contributed by atoms with van der Waals surface area (Å²) >= 11 is 0. The fourth-order valence-corrected chi connectivity index (χ4v) is 2.66. The molecule has 0 bridgehead atoms. The molecule has 1 saturated heterocycles. The van der Waals surface area contributed by atoms with Crippen LogP contribution in [0.3, 0.4) is 0 Å². The minimum Gasteiger partial charge on any atom is -0.497 e. The Hall–Kier alpha value is -2.48. The maximum atomic E-state index is 12.0. The molecule has 2 N–H and O–H groups in total. The highest BCUT2D eigenvalue weighted by Crippen LogP contribution is 2.15. The lowest BCUT2D eigenvalue weighted by molar-refractivity contribution is 0.0147. The Balaban J connectivity index is 1.63. The van der Waals surface area contributed by atoms with Gasteiger partial charge < -0.3 is 25.0 Å². The molecule has 1 aromatic rings. The highest BCUT2D eigenvalue weighted by Gasteiger charge is 2.25. The maximum Gasteiger partial charge on any atom is 0.410 e. The molecule has 8 heteroatoms. The molecular formula is C19H30N4O4. The van der Waals surface area contributed by atoms with Crippen LogP contribution in [0, 0.1) is 0 Å². The van der Waals surface area contributed by atoms with Crippen LogP contribution in [0.5, 0.6) is 5.75 Å². The van der Waals surface area contributed by atoms with E-state index in [1.54, 1.807) is 36.3 Å². The molecule has 8 nitrogen and oxygen atoms in total. The van der Waals surface area contributed by atoms with Crippen LogP contribution in [0.15, 0.2) is 24.3 Å². The van der Waals surface area contributed by atoms with Crippen molar-refractivity contribution in [1.82, 2.24) is 15.1 Å². The molecule has 1 aromatic carbocycles. The Morgan fingerprint density at radius 3 is 2.26 bits per heavy atom. The first-order valence-electron chi connectivity index (χ1n) is 9.16. The molecule has 0 radical (unpaired) electrons. The van der Waals surface area contributed by atoms with E-state index in [-0.39, 0.29) is 12.1 Å². The summed E-state index contributed by atoms with van der Waals surface area (Å²) in [6.07, 6.45) is -0.265. The molecule has 1 aliphatic rings. The number of nitrogens with zero attached hydrogens (tertiary/aromatic N) is 2. The van der Waals surface area contributed by atoms with Crippen LogP contribution in [-0.2, 0) is 4.74 Å². The van der Waals surface area contributed by atoms with Crippen LogP contribution >= 0.6 is 0 Å². The molecule has 0 aliphatic carbocycles. The van der Waals surface area contributed by atoms with Gasteiger partial charge >= 0.3 is 12.1 Å². The van der Waals surface area contributed by atoms with Crippen molar-refractivity contribution >= 4 is 17.8 Å². The summed E-state index contributed by atoms with van der Waals surface area (Å²) < 4.78 is 10.5. The van der Waals surface area contributed by atoms with Crippen LogP contribution in [0.1, 0.15) is 20.8 Å². The van der Waals surface area contributed by atoms with E-state index in [1.807, 2.05) is 20.8 Å². The van der Waals surface area contributed by atoms with Gasteiger partial charge in [0.05, 0.1) is 7.11 Å². The molecular weight excluding hydrogens is 348 g/mol. The Morgan fingerprint density at radius 1 is 1.07 bits per heavy atom. The number of rotatable bonds is 5. The third-order valence-corrected chi connectivity index (χ3v) is 4.09. The predicted molar refractivity (Wildman–Crippen MR) is 104 cm³/mol. The molecule has 3 amide bonds. The van der Waals surface area contributed by atoms with E-state index in [2.05, 4.69) is 15.5 Å². The van der Waals surface area contributed by atoms with Crippen molar-refractivity contribution in [2.45, 2.75) is 26.4 Å². The highest BCUT2D eigenvalue weighted by molar-refractivity contribution is 5.89. The fraction of sp³-hybridized carbons (Fsp3) is 0.579. The van der Waals surface area contributed by atoms with Gasteiger partial charge in [-0.15, -0.1) is 0 Å². The zero-order chi connectivity index (χ0) is 19.9. The fourth-order valence-electron chi connectivity index (χ4n) is 2.66. The molecule has 1 aliphatic heterocycles. The van der Waals surface area contributed by atoms with Crippen LogP contribution in [-0.4, -0.2) is 73.9 Å². The van der Waals surface area contributed by atoms with Crippen molar-refractivity contribution in [2.24, 2.45) is 0 Å². The zero-order valence-corrected chi connectivity index (χ0v) is 16.6. The number of anilines is 1. The smallest absolute Gasteiger partial charge is 0.410 e. The van der Waals surface area contributed by atoms with Gasteiger partial charge in [-0.1, -0.05) is 0 Å². The Labute approximate surface area is 160 Å². The molecule has 0 saturated carbocycles. The van der Waals surface area contributed by atoms with E-state index >= 15 is 0 Å². The van der Waals surface area contributed by atoms with Crippen molar-refractivity contribution in [3.63, 3.8) is 0 Å². The van der Waals surface area contributed by atoms with Crippen molar-refractivity contribution < 1.29 is 19.1 Å². The Kier molecular flexibility index (Phi) is 7.29. The first-order valence-corrected chi connectivity index (χ1v) is 9.16. The third kappa shape index (κ3) is 7.34. The molecule has 0 atom stereocenters. The van der Waals surface area contributed by atoms with Crippen LogP contribution in [0.4, 0.5) is 15.3 Å².